The van der Waals surface area contributed by atoms with Crippen molar-refractivity contribution in [3.05, 3.63) is 59.7 Å². The summed E-state index contributed by atoms with van der Waals surface area (Å²) >= 11 is 0. The molecule has 0 radical (unpaired) electrons. The third-order valence-electron chi connectivity index (χ3n) is 5.22. The summed E-state index contributed by atoms with van der Waals surface area (Å²) in [6, 6.07) is 16.9. The molecule has 1 heterocycles. The predicted molar refractivity (Wildman–Crippen MR) is 93.9 cm³/mol. The van der Waals surface area contributed by atoms with Gasteiger partial charge in [-0.25, -0.2) is 4.79 Å². The second-order valence-corrected chi connectivity index (χ2v) is 6.53. The summed E-state index contributed by atoms with van der Waals surface area (Å²) in [5.74, 6) is 0.111. The first kappa shape index (κ1) is 15.2. The summed E-state index contributed by atoms with van der Waals surface area (Å²) in [6.07, 6.45) is 1.75. The maximum atomic E-state index is 12.4. The van der Waals surface area contributed by atoms with E-state index in [-0.39, 0.29) is 18.1 Å². The first-order valence-corrected chi connectivity index (χ1v) is 8.61. The number of amides is 1. The van der Waals surface area contributed by atoms with Crippen LogP contribution in [0.15, 0.2) is 48.5 Å². The van der Waals surface area contributed by atoms with Gasteiger partial charge in [-0.3, -0.25) is 0 Å². The largest absolute Gasteiger partial charge is 0.448 e. The molecule has 4 heteroatoms. The van der Waals surface area contributed by atoms with Crippen LogP contribution < -0.4 is 5.73 Å². The van der Waals surface area contributed by atoms with Crippen molar-refractivity contribution in [2.45, 2.75) is 24.8 Å². The molecule has 0 bridgehead atoms. The van der Waals surface area contributed by atoms with Crippen LogP contribution in [0.5, 0.6) is 0 Å². The lowest BCUT2D eigenvalue weighted by molar-refractivity contribution is 0.0966. The Morgan fingerprint density at radius 3 is 2.33 bits per heavy atom. The van der Waals surface area contributed by atoms with Crippen LogP contribution in [0.3, 0.4) is 0 Å². The minimum atomic E-state index is -0.232. The number of fused-ring (bicyclic) bond motifs is 3. The van der Waals surface area contributed by atoms with E-state index in [1.807, 2.05) is 12.1 Å². The van der Waals surface area contributed by atoms with Gasteiger partial charge in [-0.15, -0.1) is 0 Å². The number of ether oxygens (including phenoxy) is 1. The van der Waals surface area contributed by atoms with Gasteiger partial charge in [-0.05, 0) is 35.1 Å². The fraction of sp³-hybridized carbons (Fsp3) is 0.350. The van der Waals surface area contributed by atoms with Gasteiger partial charge in [0.05, 0.1) is 0 Å². The van der Waals surface area contributed by atoms with Gasteiger partial charge in [-0.1, -0.05) is 48.5 Å². The molecule has 2 aromatic rings. The fourth-order valence-electron chi connectivity index (χ4n) is 4.00. The molecular formula is C20H22N2O2. The van der Waals surface area contributed by atoms with E-state index >= 15 is 0 Å². The Hall–Kier alpha value is -2.33. The Bertz CT molecular complexity index is 713. The molecule has 2 N–H and O–H groups in total. The summed E-state index contributed by atoms with van der Waals surface area (Å²) < 4.78 is 5.69. The van der Waals surface area contributed by atoms with E-state index in [9.17, 15) is 4.79 Å². The summed E-state index contributed by atoms with van der Waals surface area (Å²) in [4.78, 5) is 14.2. The lowest BCUT2D eigenvalue weighted by Crippen LogP contribution is -2.40. The molecule has 4 rings (SSSR count). The second-order valence-electron chi connectivity index (χ2n) is 6.53. The zero-order valence-corrected chi connectivity index (χ0v) is 13.7. The molecule has 1 aliphatic heterocycles. The molecular weight excluding hydrogens is 300 g/mol. The number of rotatable bonds is 3. The van der Waals surface area contributed by atoms with E-state index in [4.69, 9.17) is 10.5 Å². The topological polar surface area (TPSA) is 55.6 Å². The van der Waals surface area contributed by atoms with Crippen LogP contribution in [0.4, 0.5) is 4.79 Å². The molecule has 0 spiro atoms. The van der Waals surface area contributed by atoms with Gasteiger partial charge in [-0.2, -0.15) is 0 Å². The molecule has 1 aliphatic carbocycles. The highest BCUT2D eigenvalue weighted by Crippen LogP contribution is 2.44. The average Bonchev–Trinajstić information content (AvgIpc) is 3.22. The third kappa shape index (κ3) is 2.47. The highest BCUT2D eigenvalue weighted by molar-refractivity contribution is 5.79. The van der Waals surface area contributed by atoms with Crippen molar-refractivity contribution in [3.8, 4) is 11.1 Å². The average molecular weight is 322 g/mol. The molecule has 4 nitrogen and oxygen atoms in total. The smallest absolute Gasteiger partial charge is 0.410 e. The SMILES string of the molecule is NC[C@@H]1CCCN1C(=O)OCC1c2ccccc2-c2ccccc21. The molecule has 124 valence electrons. The maximum Gasteiger partial charge on any atom is 0.410 e. The molecule has 1 amide bonds. The molecule has 1 atom stereocenters. The lowest BCUT2D eigenvalue weighted by Gasteiger charge is -2.24. The predicted octanol–water partition coefficient (Wildman–Crippen LogP) is 3.36. The number of benzene rings is 2. The van der Waals surface area contributed by atoms with Crippen LogP contribution in [0.25, 0.3) is 11.1 Å². The van der Waals surface area contributed by atoms with Crippen molar-refractivity contribution < 1.29 is 9.53 Å². The molecule has 0 saturated carbocycles. The van der Waals surface area contributed by atoms with Crippen LogP contribution >= 0.6 is 0 Å². The quantitative estimate of drug-likeness (QED) is 0.943. The normalized spacial score (nSPS) is 19.2. The molecule has 1 saturated heterocycles. The number of nitrogens with zero attached hydrogens (tertiary/aromatic N) is 1. The fourth-order valence-corrected chi connectivity index (χ4v) is 4.00. The van der Waals surface area contributed by atoms with Crippen LogP contribution in [0.1, 0.15) is 29.9 Å². The molecule has 2 aromatic carbocycles. The molecule has 0 aromatic heterocycles. The third-order valence-corrected chi connectivity index (χ3v) is 5.22. The van der Waals surface area contributed by atoms with Gasteiger partial charge >= 0.3 is 6.09 Å². The maximum absolute atomic E-state index is 12.4. The molecule has 24 heavy (non-hydrogen) atoms. The number of carbonyl (C=O) groups excluding carboxylic acids is 1. The number of hydrogen-bond acceptors (Lipinski definition) is 3. The summed E-state index contributed by atoms with van der Waals surface area (Å²) in [5.41, 5.74) is 10.7. The summed E-state index contributed by atoms with van der Waals surface area (Å²) in [5, 5.41) is 0. The van der Waals surface area contributed by atoms with Crippen LogP contribution in [-0.2, 0) is 4.74 Å². The van der Waals surface area contributed by atoms with Crippen LogP contribution in [0, 0.1) is 0 Å². The Morgan fingerprint density at radius 1 is 1.08 bits per heavy atom. The number of hydrogen-bond donors (Lipinski definition) is 1. The Kier molecular flexibility index (Phi) is 3.98. The van der Waals surface area contributed by atoms with Gasteiger partial charge in [0.25, 0.3) is 0 Å². The van der Waals surface area contributed by atoms with E-state index < -0.39 is 0 Å². The lowest BCUT2D eigenvalue weighted by atomic mass is 9.98. The number of likely N-dealkylation sites (tertiary alicyclic amines) is 1. The van der Waals surface area contributed by atoms with Crippen molar-refractivity contribution in [1.82, 2.24) is 4.90 Å². The van der Waals surface area contributed by atoms with Crippen LogP contribution in [-0.4, -0.2) is 36.7 Å². The van der Waals surface area contributed by atoms with Gasteiger partial charge in [0, 0.05) is 25.0 Å². The van der Waals surface area contributed by atoms with Crippen molar-refractivity contribution in [3.63, 3.8) is 0 Å². The van der Waals surface area contributed by atoms with E-state index in [1.165, 1.54) is 22.3 Å². The Labute approximate surface area is 142 Å². The molecule has 2 aliphatic rings. The standard InChI is InChI=1S/C20H22N2O2/c21-12-14-6-5-11-22(14)20(23)24-13-19-17-9-3-1-7-15(17)16-8-2-4-10-18(16)19/h1-4,7-10,14,19H,5-6,11-13,21H2/t14-/m0/s1. The van der Waals surface area contributed by atoms with Gasteiger partial charge in [0.2, 0.25) is 0 Å². The van der Waals surface area contributed by atoms with E-state index in [1.54, 1.807) is 4.90 Å². The van der Waals surface area contributed by atoms with Gasteiger partial charge in [0.15, 0.2) is 0 Å². The monoisotopic (exact) mass is 322 g/mol. The molecule has 0 unspecified atom stereocenters. The van der Waals surface area contributed by atoms with E-state index in [0.29, 0.717) is 13.2 Å². The highest BCUT2D eigenvalue weighted by atomic mass is 16.6. The van der Waals surface area contributed by atoms with Crippen LogP contribution in [0.2, 0.25) is 0 Å². The summed E-state index contributed by atoms with van der Waals surface area (Å²) in [7, 11) is 0. The van der Waals surface area contributed by atoms with Crippen molar-refractivity contribution in [2.24, 2.45) is 5.73 Å². The first-order valence-electron chi connectivity index (χ1n) is 8.61. The van der Waals surface area contributed by atoms with Gasteiger partial charge in [0.1, 0.15) is 6.61 Å². The second kappa shape index (κ2) is 6.29. The molecule has 1 fully saturated rings. The van der Waals surface area contributed by atoms with E-state index in [0.717, 1.165) is 19.4 Å². The van der Waals surface area contributed by atoms with Crippen molar-refractivity contribution in [1.29, 1.82) is 0 Å². The zero-order chi connectivity index (χ0) is 16.5. The number of nitrogens with two attached hydrogens (primary N) is 1. The Morgan fingerprint density at radius 2 is 1.71 bits per heavy atom. The van der Waals surface area contributed by atoms with Crippen molar-refractivity contribution >= 4 is 6.09 Å². The first-order chi connectivity index (χ1) is 11.8. The minimum Gasteiger partial charge on any atom is -0.448 e. The van der Waals surface area contributed by atoms with E-state index in [2.05, 4.69) is 36.4 Å². The number of carbonyl (C=O) groups is 1. The van der Waals surface area contributed by atoms with Gasteiger partial charge < -0.3 is 15.4 Å². The summed E-state index contributed by atoms with van der Waals surface area (Å²) in [6.45, 7) is 1.63. The Balaban J connectivity index is 1.54. The minimum absolute atomic E-state index is 0.111. The zero-order valence-electron chi connectivity index (χ0n) is 13.7. The highest BCUT2D eigenvalue weighted by Gasteiger charge is 2.32. The van der Waals surface area contributed by atoms with Crippen molar-refractivity contribution in [2.75, 3.05) is 19.7 Å².